The molecule has 4 nitrogen and oxygen atoms in total. The minimum Gasteiger partial charge on any atom is -0.341 e. The van der Waals surface area contributed by atoms with E-state index in [9.17, 15) is 9.59 Å². The average molecular weight is 315 g/mol. The van der Waals surface area contributed by atoms with Crippen molar-refractivity contribution in [3.63, 3.8) is 0 Å². The zero-order valence-corrected chi connectivity index (χ0v) is 12.7. The summed E-state index contributed by atoms with van der Waals surface area (Å²) in [5.74, 6) is -0.423. The fraction of sp³-hybridized carbons (Fsp3) is 0.429. The second-order valence-electron chi connectivity index (χ2n) is 4.85. The number of amides is 2. The van der Waals surface area contributed by atoms with Crippen LogP contribution in [-0.2, 0) is 4.79 Å². The summed E-state index contributed by atoms with van der Waals surface area (Å²) in [7, 11) is 0. The SMILES string of the molecule is C[C@@H](NC(=O)c1ccc(Cl)cc1Cl)C(=O)N1CCCC1. The van der Waals surface area contributed by atoms with Crippen LogP contribution in [0.2, 0.25) is 10.0 Å². The zero-order valence-electron chi connectivity index (χ0n) is 11.2. The lowest BCUT2D eigenvalue weighted by Crippen LogP contribution is -2.46. The predicted molar refractivity (Wildman–Crippen MR) is 79.2 cm³/mol. The number of benzene rings is 1. The second-order valence-corrected chi connectivity index (χ2v) is 5.70. The van der Waals surface area contributed by atoms with Crippen LogP contribution >= 0.6 is 23.2 Å². The van der Waals surface area contributed by atoms with Crippen LogP contribution in [0.25, 0.3) is 0 Å². The molecule has 0 radical (unpaired) electrons. The molecular formula is C14H16Cl2N2O2. The highest BCUT2D eigenvalue weighted by Gasteiger charge is 2.25. The van der Waals surface area contributed by atoms with Crippen molar-refractivity contribution in [2.75, 3.05) is 13.1 Å². The summed E-state index contributed by atoms with van der Waals surface area (Å²) in [5.41, 5.74) is 0.317. The monoisotopic (exact) mass is 314 g/mol. The minimum atomic E-state index is -0.563. The van der Waals surface area contributed by atoms with Gasteiger partial charge in [0.05, 0.1) is 10.6 Å². The summed E-state index contributed by atoms with van der Waals surface area (Å²) in [5, 5.41) is 3.41. The van der Waals surface area contributed by atoms with E-state index >= 15 is 0 Å². The first-order valence-electron chi connectivity index (χ1n) is 6.54. The fourth-order valence-corrected chi connectivity index (χ4v) is 2.72. The molecule has 0 aromatic heterocycles. The molecule has 0 saturated carbocycles. The third kappa shape index (κ3) is 3.44. The molecule has 1 saturated heterocycles. The molecule has 6 heteroatoms. The van der Waals surface area contributed by atoms with Crippen LogP contribution in [0.4, 0.5) is 0 Å². The fourth-order valence-electron chi connectivity index (χ4n) is 2.22. The quantitative estimate of drug-likeness (QED) is 0.932. The largest absolute Gasteiger partial charge is 0.341 e. The van der Waals surface area contributed by atoms with E-state index in [1.54, 1.807) is 24.0 Å². The lowest BCUT2D eigenvalue weighted by atomic mass is 10.2. The Morgan fingerprint density at radius 1 is 1.25 bits per heavy atom. The van der Waals surface area contributed by atoms with E-state index in [2.05, 4.69) is 5.32 Å². The molecular weight excluding hydrogens is 299 g/mol. The molecule has 1 aliphatic rings. The Balaban J connectivity index is 2.01. The Kier molecular flexibility index (Phi) is 4.89. The number of carbonyl (C=O) groups is 2. The lowest BCUT2D eigenvalue weighted by Gasteiger charge is -2.21. The second kappa shape index (κ2) is 6.46. The Hall–Kier alpha value is -1.26. The third-order valence-corrected chi connectivity index (χ3v) is 3.86. The van der Waals surface area contributed by atoms with Gasteiger partial charge in [0.1, 0.15) is 6.04 Å². The van der Waals surface area contributed by atoms with Crippen molar-refractivity contribution >= 4 is 35.0 Å². The van der Waals surface area contributed by atoms with Crippen LogP contribution in [0.5, 0.6) is 0 Å². The van der Waals surface area contributed by atoms with Gasteiger partial charge >= 0.3 is 0 Å². The van der Waals surface area contributed by atoms with Crippen LogP contribution in [0.15, 0.2) is 18.2 Å². The molecule has 0 aliphatic carbocycles. The van der Waals surface area contributed by atoms with E-state index in [1.165, 1.54) is 6.07 Å². The van der Waals surface area contributed by atoms with Crippen LogP contribution in [0, 0.1) is 0 Å². The average Bonchev–Trinajstić information content (AvgIpc) is 2.91. The van der Waals surface area contributed by atoms with Gasteiger partial charge in [-0.15, -0.1) is 0 Å². The van der Waals surface area contributed by atoms with E-state index in [0.717, 1.165) is 25.9 Å². The molecule has 2 rings (SSSR count). The summed E-state index contributed by atoms with van der Waals surface area (Å²) < 4.78 is 0. The maximum atomic E-state index is 12.1. The number of carbonyl (C=O) groups excluding carboxylic acids is 2. The number of likely N-dealkylation sites (tertiary alicyclic amines) is 1. The van der Waals surface area contributed by atoms with E-state index in [-0.39, 0.29) is 16.8 Å². The molecule has 1 N–H and O–H groups in total. The first-order valence-corrected chi connectivity index (χ1v) is 7.29. The van der Waals surface area contributed by atoms with Crippen molar-refractivity contribution in [1.29, 1.82) is 0 Å². The maximum absolute atomic E-state index is 12.1. The summed E-state index contributed by atoms with van der Waals surface area (Å²) in [4.78, 5) is 26.0. The zero-order chi connectivity index (χ0) is 14.7. The van der Waals surface area contributed by atoms with Gasteiger partial charge in [-0.05, 0) is 38.0 Å². The standard InChI is InChI=1S/C14H16Cl2N2O2/c1-9(14(20)18-6-2-3-7-18)17-13(19)11-5-4-10(15)8-12(11)16/h4-5,8-9H,2-3,6-7H2,1H3,(H,17,19)/t9-/m1/s1. The molecule has 20 heavy (non-hydrogen) atoms. The van der Waals surface area contributed by atoms with Crippen molar-refractivity contribution in [2.24, 2.45) is 0 Å². The molecule has 0 unspecified atom stereocenters. The van der Waals surface area contributed by atoms with Crippen molar-refractivity contribution in [1.82, 2.24) is 10.2 Å². The third-order valence-electron chi connectivity index (χ3n) is 3.31. The summed E-state index contributed by atoms with van der Waals surface area (Å²) >= 11 is 11.8. The Bertz CT molecular complexity index is 528. The molecule has 1 aromatic carbocycles. The van der Waals surface area contributed by atoms with Crippen molar-refractivity contribution < 1.29 is 9.59 Å². The van der Waals surface area contributed by atoms with Gasteiger partial charge in [-0.1, -0.05) is 23.2 Å². The lowest BCUT2D eigenvalue weighted by molar-refractivity contribution is -0.131. The van der Waals surface area contributed by atoms with Gasteiger partial charge < -0.3 is 10.2 Å². The maximum Gasteiger partial charge on any atom is 0.253 e. The van der Waals surface area contributed by atoms with Crippen LogP contribution in [-0.4, -0.2) is 35.8 Å². The van der Waals surface area contributed by atoms with Gasteiger partial charge in [0.2, 0.25) is 5.91 Å². The molecule has 1 fully saturated rings. The van der Waals surface area contributed by atoms with Gasteiger partial charge in [0.25, 0.3) is 5.91 Å². The molecule has 1 aliphatic heterocycles. The van der Waals surface area contributed by atoms with Crippen molar-refractivity contribution in [3.8, 4) is 0 Å². The Morgan fingerprint density at radius 3 is 2.50 bits per heavy atom. The van der Waals surface area contributed by atoms with E-state index in [1.807, 2.05) is 0 Å². The minimum absolute atomic E-state index is 0.0547. The normalized spacial score (nSPS) is 16.1. The van der Waals surface area contributed by atoms with Crippen LogP contribution < -0.4 is 5.32 Å². The highest BCUT2D eigenvalue weighted by atomic mass is 35.5. The van der Waals surface area contributed by atoms with Crippen LogP contribution in [0.3, 0.4) is 0 Å². The number of halogens is 2. The topological polar surface area (TPSA) is 49.4 Å². The Morgan fingerprint density at radius 2 is 1.90 bits per heavy atom. The molecule has 0 bridgehead atoms. The first-order chi connectivity index (χ1) is 9.49. The van der Waals surface area contributed by atoms with Gasteiger partial charge in [0.15, 0.2) is 0 Å². The molecule has 0 spiro atoms. The number of rotatable bonds is 3. The molecule has 1 atom stereocenters. The van der Waals surface area contributed by atoms with Crippen LogP contribution in [0.1, 0.15) is 30.1 Å². The first kappa shape index (κ1) is 15.1. The Labute approximate surface area is 128 Å². The summed E-state index contributed by atoms with van der Waals surface area (Å²) in [6, 6.07) is 4.08. The molecule has 2 amide bonds. The molecule has 1 heterocycles. The van der Waals surface area contributed by atoms with Gasteiger partial charge in [-0.3, -0.25) is 9.59 Å². The molecule has 108 valence electrons. The van der Waals surface area contributed by atoms with E-state index < -0.39 is 6.04 Å². The van der Waals surface area contributed by atoms with Crippen molar-refractivity contribution in [2.45, 2.75) is 25.8 Å². The number of nitrogens with one attached hydrogen (secondary N) is 1. The van der Waals surface area contributed by atoms with Gasteiger partial charge in [-0.2, -0.15) is 0 Å². The van der Waals surface area contributed by atoms with Crippen molar-refractivity contribution in [3.05, 3.63) is 33.8 Å². The molecule has 1 aromatic rings. The van der Waals surface area contributed by atoms with E-state index in [4.69, 9.17) is 23.2 Å². The highest BCUT2D eigenvalue weighted by molar-refractivity contribution is 6.36. The number of hydrogen-bond acceptors (Lipinski definition) is 2. The predicted octanol–water partition coefficient (Wildman–Crippen LogP) is 2.73. The number of hydrogen-bond donors (Lipinski definition) is 1. The number of nitrogens with zero attached hydrogens (tertiary/aromatic N) is 1. The summed E-state index contributed by atoms with van der Waals surface area (Å²) in [6.45, 7) is 3.21. The van der Waals surface area contributed by atoms with Gasteiger partial charge in [-0.25, -0.2) is 0 Å². The summed E-state index contributed by atoms with van der Waals surface area (Å²) in [6.07, 6.45) is 2.05. The highest BCUT2D eigenvalue weighted by Crippen LogP contribution is 2.21. The smallest absolute Gasteiger partial charge is 0.253 e. The van der Waals surface area contributed by atoms with E-state index in [0.29, 0.717) is 10.6 Å². The van der Waals surface area contributed by atoms with Gasteiger partial charge in [0, 0.05) is 18.1 Å².